The molecule has 2 heterocycles. The Balaban J connectivity index is 1.29. The third kappa shape index (κ3) is 6.09. The number of nitrogens with one attached hydrogen (secondary N) is 1. The van der Waals surface area contributed by atoms with Crippen LogP contribution in [0, 0.1) is 0 Å². The van der Waals surface area contributed by atoms with Gasteiger partial charge in [-0.25, -0.2) is 0 Å². The molecule has 6 heteroatoms. The SMILES string of the molecule is CC(C)(C)c1ccc(OCC(=O)Nc2ccc(-c3ccc(N4CCCCC4)nn3)cc2)cc1. The van der Waals surface area contributed by atoms with Crippen LogP contribution in [0.1, 0.15) is 45.6 Å². The molecule has 2 aromatic carbocycles. The van der Waals surface area contributed by atoms with E-state index < -0.39 is 0 Å². The fourth-order valence-electron chi connectivity index (χ4n) is 3.89. The van der Waals surface area contributed by atoms with Crippen LogP contribution in [-0.4, -0.2) is 35.8 Å². The molecule has 1 fully saturated rings. The zero-order valence-corrected chi connectivity index (χ0v) is 19.7. The van der Waals surface area contributed by atoms with Gasteiger partial charge >= 0.3 is 0 Å². The molecule has 1 aromatic heterocycles. The predicted molar refractivity (Wildman–Crippen MR) is 133 cm³/mol. The summed E-state index contributed by atoms with van der Waals surface area (Å²) >= 11 is 0. The molecule has 0 radical (unpaired) electrons. The second kappa shape index (κ2) is 10.0. The summed E-state index contributed by atoms with van der Waals surface area (Å²) in [7, 11) is 0. The van der Waals surface area contributed by atoms with Crippen molar-refractivity contribution < 1.29 is 9.53 Å². The fraction of sp³-hybridized carbons (Fsp3) is 0.370. The highest BCUT2D eigenvalue weighted by Gasteiger charge is 2.14. The van der Waals surface area contributed by atoms with E-state index in [1.807, 2.05) is 60.7 Å². The van der Waals surface area contributed by atoms with E-state index >= 15 is 0 Å². The Bertz CT molecular complexity index is 1050. The molecular formula is C27H32N4O2. The van der Waals surface area contributed by atoms with Gasteiger partial charge in [0.15, 0.2) is 12.4 Å². The van der Waals surface area contributed by atoms with E-state index in [0.29, 0.717) is 11.4 Å². The number of ether oxygens (including phenoxy) is 1. The van der Waals surface area contributed by atoms with Crippen molar-refractivity contribution in [2.24, 2.45) is 0 Å². The van der Waals surface area contributed by atoms with Crippen molar-refractivity contribution >= 4 is 17.4 Å². The van der Waals surface area contributed by atoms with Gasteiger partial charge in [-0.3, -0.25) is 4.79 Å². The summed E-state index contributed by atoms with van der Waals surface area (Å²) in [5.74, 6) is 1.42. The van der Waals surface area contributed by atoms with Crippen molar-refractivity contribution in [1.29, 1.82) is 0 Å². The number of hydrogen-bond acceptors (Lipinski definition) is 5. The Morgan fingerprint density at radius 2 is 1.61 bits per heavy atom. The second-order valence-electron chi connectivity index (χ2n) is 9.51. The Hall–Kier alpha value is -3.41. The molecule has 1 aliphatic rings. The second-order valence-corrected chi connectivity index (χ2v) is 9.51. The number of rotatable bonds is 6. The van der Waals surface area contributed by atoms with Gasteiger partial charge in [-0.1, -0.05) is 45.0 Å². The van der Waals surface area contributed by atoms with Crippen molar-refractivity contribution in [2.75, 3.05) is 29.9 Å². The summed E-state index contributed by atoms with van der Waals surface area (Å²) in [6.45, 7) is 8.55. The van der Waals surface area contributed by atoms with Crippen molar-refractivity contribution in [3.05, 3.63) is 66.2 Å². The van der Waals surface area contributed by atoms with Gasteiger partial charge in [0.2, 0.25) is 0 Å². The van der Waals surface area contributed by atoms with E-state index in [9.17, 15) is 4.79 Å². The summed E-state index contributed by atoms with van der Waals surface area (Å²) < 4.78 is 5.63. The Kier molecular flexibility index (Phi) is 6.92. The molecule has 1 saturated heterocycles. The molecule has 1 N–H and O–H groups in total. The van der Waals surface area contributed by atoms with Crippen molar-refractivity contribution in [3.63, 3.8) is 0 Å². The molecule has 0 atom stereocenters. The average molecular weight is 445 g/mol. The van der Waals surface area contributed by atoms with Crippen LogP contribution in [-0.2, 0) is 10.2 Å². The largest absolute Gasteiger partial charge is 0.484 e. The Morgan fingerprint density at radius 3 is 2.21 bits per heavy atom. The maximum atomic E-state index is 12.3. The van der Waals surface area contributed by atoms with Gasteiger partial charge in [0.05, 0.1) is 5.69 Å². The van der Waals surface area contributed by atoms with E-state index in [0.717, 1.165) is 30.2 Å². The minimum absolute atomic E-state index is 0.0416. The van der Waals surface area contributed by atoms with Crippen LogP contribution in [0.25, 0.3) is 11.3 Å². The lowest BCUT2D eigenvalue weighted by atomic mass is 9.87. The van der Waals surface area contributed by atoms with Gasteiger partial charge in [-0.15, -0.1) is 10.2 Å². The highest BCUT2D eigenvalue weighted by atomic mass is 16.5. The maximum Gasteiger partial charge on any atom is 0.262 e. The van der Waals surface area contributed by atoms with Gasteiger partial charge in [-0.2, -0.15) is 0 Å². The topological polar surface area (TPSA) is 67.3 Å². The van der Waals surface area contributed by atoms with Crippen LogP contribution >= 0.6 is 0 Å². The molecule has 0 aliphatic carbocycles. The molecule has 0 unspecified atom stereocenters. The van der Waals surface area contributed by atoms with Gasteiger partial charge in [0.1, 0.15) is 5.75 Å². The zero-order chi connectivity index (χ0) is 23.3. The fourth-order valence-corrected chi connectivity index (χ4v) is 3.89. The summed E-state index contributed by atoms with van der Waals surface area (Å²) in [6.07, 6.45) is 3.72. The van der Waals surface area contributed by atoms with Crippen LogP contribution < -0.4 is 15.0 Å². The van der Waals surface area contributed by atoms with E-state index in [2.05, 4.69) is 41.2 Å². The monoisotopic (exact) mass is 444 g/mol. The van der Waals surface area contributed by atoms with Gasteiger partial charge in [0, 0.05) is 24.3 Å². The summed E-state index contributed by atoms with van der Waals surface area (Å²) in [5.41, 5.74) is 3.80. The highest BCUT2D eigenvalue weighted by molar-refractivity contribution is 5.92. The first-order valence-corrected chi connectivity index (χ1v) is 11.6. The first kappa shape index (κ1) is 22.8. The molecule has 6 nitrogen and oxygen atoms in total. The Morgan fingerprint density at radius 1 is 0.909 bits per heavy atom. The molecule has 172 valence electrons. The molecule has 0 spiro atoms. The van der Waals surface area contributed by atoms with Gasteiger partial charge < -0.3 is 15.0 Å². The van der Waals surface area contributed by atoms with Crippen LogP contribution in [0.2, 0.25) is 0 Å². The zero-order valence-electron chi connectivity index (χ0n) is 19.7. The number of benzene rings is 2. The lowest BCUT2D eigenvalue weighted by Crippen LogP contribution is -2.30. The first-order chi connectivity index (χ1) is 15.9. The van der Waals surface area contributed by atoms with E-state index in [1.165, 1.54) is 24.8 Å². The standard InChI is InChI=1S/C27H32N4O2/c1-27(2,3)21-9-13-23(14-10-21)33-19-26(32)28-22-11-7-20(8-12-22)24-15-16-25(30-29-24)31-17-5-4-6-18-31/h7-16H,4-6,17-19H2,1-3H3,(H,28,32). The number of amides is 1. The lowest BCUT2D eigenvalue weighted by molar-refractivity contribution is -0.118. The number of hydrogen-bond donors (Lipinski definition) is 1. The van der Waals surface area contributed by atoms with E-state index in [4.69, 9.17) is 4.74 Å². The summed E-state index contributed by atoms with van der Waals surface area (Å²) in [6, 6.07) is 19.5. The number of carbonyl (C=O) groups excluding carboxylic acids is 1. The van der Waals surface area contributed by atoms with Crippen LogP contribution in [0.4, 0.5) is 11.5 Å². The highest BCUT2D eigenvalue weighted by Crippen LogP contribution is 2.25. The maximum absolute atomic E-state index is 12.3. The summed E-state index contributed by atoms with van der Waals surface area (Å²) in [5, 5.41) is 11.7. The van der Waals surface area contributed by atoms with Crippen molar-refractivity contribution in [2.45, 2.75) is 45.4 Å². The smallest absolute Gasteiger partial charge is 0.262 e. The quantitative estimate of drug-likeness (QED) is 0.548. The molecule has 33 heavy (non-hydrogen) atoms. The Labute approximate surface area is 196 Å². The number of anilines is 2. The van der Waals surface area contributed by atoms with Gasteiger partial charge in [-0.05, 0) is 66.6 Å². The van der Waals surface area contributed by atoms with Crippen molar-refractivity contribution in [1.82, 2.24) is 10.2 Å². The molecule has 1 aliphatic heterocycles. The molecule has 1 amide bonds. The lowest BCUT2D eigenvalue weighted by Gasteiger charge is -2.27. The number of nitrogens with zero attached hydrogens (tertiary/aromatic N) is 3. The molecule has 3 aromatic rings. The van der Waals surface area contributed by atoms with Crippen LogP contribution in [0.5, 0.6) is 5.75 Å². The minimum Gasteiger partial charge on any atom is -0.484 e. The normalized spacial score (nSPS) is 14.1. The van der Waals surface area contributed by atoms with Crippen LogP contribution in [0.15, 0.2) is 60.7 Å². The van der Waals surface area contributed by atoms with Crippen LogP contribution in [0.3, 0.4) is 0 Å². The third-order valence-corrected chi connectivity index (χ3v) is 5.89. The number of aromatic nitrogens is 2. The van der Waals surface area contributed by atoms with Crippen molar-refractivity contribution in [3.8, 4) is 17.0 Å². The number of carbonyl (C=O) groups is 1. The molecular weight excluding hydrogens is 412 g/mol. The first-order valence-electron chi connectivity index (χ1n) is 11.6. The predicted octanol–water partition coefficient (Wildman–Crippen LogP) is 5.45. The summed E-state index contributed by atoms with van der Waals surface area (Å²) in [4.78, 5) is 14.6. The molecule has 0 bridgehead atoms. The van der Waals surface area contributed by atoms with E-state index in [1.54, 1.807) is 0 Å². The minimum atomic E-state index is -0.201. The molecule has 0 saturated carbocycles. The third-order valence-electron chi connectivity index (χ3n) is 5.89. The van der Waals surface area contributed by atoms with E-state index in [-0.39, 0.29) is 17.9 Å². The number of piperidine rings is 1. The van der Waals surface area contributed by atoms with Gasteiger partial charge in [0.25, 0.3) is 5.91 Å². The molecule has 4 rings (SSSR count). The average Bonchev–Trinajstić information content (AvgIpc) is 2.84.